The van der Waals surface area contributed by atoms with Crippen LogP contribution in [0.15, 0.2) is 36.4 Å². The van der Waals surface area contributed by atoms with Crippen molar-refractivity contribution in [2.24, 2.45) is 0 Å². The first kappa shape index (κ1) is 20.2. The number of pyridine rings is 1. The smallest absolute Gasteiger partial charge is 0.417 e. The normalized spacial score (nSPS) is 11.2. The Morgan fingerprint density at radius 1 is 1.15 bits per heavy atom. The molecule has 1 amide bonds. The van der Waals surface area contributed by atoms with Crippen molar-refractivity contribution in [1.29, 1.82) is 0 Å². The average molecular weight is 421 g/mol. The molecule has 0 aliphatic carbocycles. The van der Waals surface area contributed by atoms with Gasteiger partial charge in [-0.2, -0.15) is 0 Å². The fraction of sp³-hybridized carbons (Fsp3) is 0.400. The van der Waals surface area contributed by atoms with Crippen molar-refractivity contribution >= 4 is 22.0 Å². The third-order valence-corrected chi connectivity index (χ3v) is 4.51. The highest BCUT2D eigenvalue weighted by molar-refractivity contribution is 9.08. The van der Waals surface area contributed by atoms with Gasteiger partial charge in [-0.25, -0.2) is 9.78 Å². The minimum atomic E-state index is -0.424. The minimum absolute atomic E-state index is 0.313. The SMILES string of the molecule is COc1ccc(CN(C(=O)Oc2cc(CBr)cc(C)n2)C(C)(C)C)cc1. The number of amides is 1. The largest absolute Gasteiger partial charge is 0.497 e. The molecule has 1 aromatic carbocycles. The van der Waals surface area contributed by atoms with Gasteiger partial charge in [0.2, 0.25) is 5.88 Å². The van der Waals surface area contributed by atoms with Crippen molar-refractivity contribution < 1.29 is 14.3 Å². The summed E-state index contributed by atoms with van der Waals surface area (Å²) in [5, 5.41) is 0.676. The predicted octanol–water partition coefficient (Wildman–Crippen LogP) is 5.09. The quantitative estimate of drug-likeness (QED) is 0.631. The second-order valence-electron chi connectivity index (χ2n) is 7.06. The van der Waals surface area contributed by atoms with Gasteiger partial charge in [0.25, 0.3) is 0 Å². The number of carbonyl (C=O) groups excluding carboxylic acids is 1. The molecule has 0 saturated carbocycles. The Balaban J connectivity index is 2.20. The number of carbonyl (C=O) groups is 1. The van der Waals surface area contributed by atoms with Crippen LogP contribution in [0.4, 0.5) is 4.79 Å². The van der Waals surface area contributed by atoms with Crippen LogP contribution in [0.5, 0.6) is 11.6 Å². The fourth-order valence-corrected chi connectivity index (χ4v) is 2.79. The third-order valence-electron chi connectivity index (χ3n) is 3.87. The highest BCUT2D eigenvalue weighted by atomic mass is 79.9. The first-order chi connectivity index (χ1) is 12.2. The molecule has 0 aliphatic rings. The molecule has 0 unspecified atom stereocenters. The molecule has 0 aliphatic heterocycles. The van der Waals surface area contributed by atoms with E-state index in [4.69, 9.17) is 9.47 Å². The summed E-state index contributed by atoms with van der Waals surface area (Å²) in [5.74, 6) is 1.10. The number of hydrogen-bond acceptors (Lipinski definition) is 4. The lowest BCUT2D eigenvalue weighted by atomic mass is 10.1. The van der Waals surface area contributed by atoms with Crippen molar-refractivity contribution in [2.45, 2.75) is 45.1 Å². The van der Waals surface area contributed by atoms with Gasteiger partial charge in [0.1, 0.15) is 5.75 Å². The molecule has 0 N–H and O–H groups in total. The van der Waals surface area contributed by atoms with Crippen LogP contribution >= 0.6 is 15.9 Å². The number of aromatic nitrogens is 1. The molecule has 0 spiro atoms. The number of nitrogens with zero attached hydrogens (tertiary/aromatic N) is 2. The highest BCUT2D eigenvalue weighted by Gasteiger charge is 2.28. The maximum atomic E-state index is 12.8. The summed E-state index contributed by atoms with van der Waals surface area (Å²) >= 11 is 3.42. The van der Waals surface area contributed by atoms with Gasteiger partial charge >= 0.3 is 6.09 Å². The average Bonchev–Trinajstić information content (AvgIpc) is 2.58. The zero-order chi connectivity index (χ0) is 19.3. The number of alkyl halides is 1. The van der Waals surface area contributed by atoms with E-state index in [0.29, 0.717) is 17.8 Å². The van der Waals surface area contributed by atoms with Crippen LogP contribution < -0.4 is 9.47 Å². The van der Waals surface area contributed by atoms with E-state index in [-0.39, 0.29) is 0 Å². The summed E-state index contributed by atoms with van der Waals surface area (Å²) in [6, 6.07) is 11.4. The van der Waals surface area contributed by atoms with Gasteiger partial charge in [-0.1, -0.05) is 28.1 Å². The first-order valence-electron chi connectivity index (χ1n) is 8.39. The molecule has 1 heterocycles. The van der Waals surface area contributed by atoms with Crippen LogP contribution in [0.25, 0.3) is 0 Å². The second kappa shape index (κ2) is 8.54. The predicted molar refractivity (Wildman–Crippen MR) is 106 cm³/mol. The van der Waals surface area contributed by atoms with Crippen molar-refractivity contribution in [3.8, 4) is 11.6 Å². The van der Waals surface area contributed by atoms with E-state index >= 15 is 0 Å². The van der Waals surface area contributed by atoms with Crippen LogP contribution in [-0.4, -0.2) is 28.6 Å². The van der Waals surface area contributed by atoms with Gasteiger partial charge in [0, 0.05) is 29.2 Å². The Kier molecular flexibility index (Phi) is 6.64. The number of ether oxygens (including phenoxy) is 2. The lowest BCUT2D eigenvalue weighted by Crippen LogP contribution is -2.46. The number of methoxy groups -OCH3 is 1. The Morgan fingerprint density at radius 3 is 2.35 bits per heavy atom. The molecule has 6 heteroatoms. The van der Waals surface area contributed by atoms with Crippen LogP contribution in [-0.2, 0) is 11.9 Å². The number of aryl methyl sites for hydroxylation is 1. The summed E-state index contributed by atoms with van der Waals surface area (Å²) in [5.41, 5.74) is 2.41. The number of benzene rings is 1. The Morgan fingerprint density at radius 2 is 1.81 bits per heavy atom. The zero-order valence-corrected chi connectivity index (χ0v) is 17.5. The first-order valence-corrected chi connectivity index (χ1v) is 9.51. The molecule has 2 rings (SSSR count). The molecule has 140 valence electrons. The van der Waals surface area contributed by atoms with Crippen LogP contribution in [0, 0.1) is 6.92 Å². The van der Waals surface area contributed by atoms with Crippen molar-refractivity contribution in [3.63, 3.8) is 0 Å². The molecular formula is C20H25BrN2O3. The number of rotatable bonds is 5. The standard InChI is InChI=1S/C20H25BrN2O3/c1-14-10-16(12-21)11-18(22-14)26-19(24)23(20(2,3)4)13-15-6-8-17(25-5)9-7-15/h6-11H,12-13H2,1-5H3. The van der Waals surface area contributed by atoms with Crippen molar-refractivity contribution in [2.75, 3.05) is 7.11 Å². The van der Waals surface area contributed by atoms with Crippen LogP contribution in [0.3, 0.4) is 0 Å². The second-order valence-corrected chi connectivity index (χ2v) is 7.62. The van der Waals surface area contributed by atoms with E-state index in [1.54, 1.807) is 18.1 Å². The van der Waals surface area contributed by atoms with Gasteiger partial charge in [-0.15, -0.1) is 0 Å². The molecule has 5 nitrogen and oxygen atoms in total. The topological polar surface area (TPSA) is 51.7 Å². The lowest BCUT2D eigenvalue weighted by molar-refractivity contribution is 0.100. The van der Waals surface area contributed by atoms with E-state index in [9.17, 15) is 4.79 Å². The Labute approximate surface area is 163 Å². The molecule has 0 atom stereocenters. The van der Waals surface area contributed by atoms with Gasteiger partial charge in [0.05, 0.1) is 7.11 Å². The maximum absolute atomic E-state index is 12.8. The van der Waals surface area contributed by atoms with Gasteiger partial charge in [0.15, 0.2) is 0 Å². The van der Waals surface area contributed by atoms with Gasteiger partial charge in [-0.05, 0) is 57.0 Å². The van der Waals surface area contributed by atoms with Crippen molar-refractivity contribution in [3.05, 3.63) is 53.2 Å². The molecule has 2 aromatic rings. The van der Waals surface area contributed by atoms with E-state index in [1.807, 2.05) is 58.0 Å². The summed E-state index contributed by atoms with van der Waals surface area (Å²) in [6.45, 7) is 8.24. The maximum Gasteiger partial charge on any atom is 0.417 e. The number of hydrogen-bond donors (Lipinski definition) is 0. The molecule has 1 aromatic heterocycles. The summed E-state index contributed by atoms with van der Waals surface area (Å²) in [6.07, 6.45) is -0.424. The molecule has 26 heavy (non-hydrogen) atoms. The van der Waals surface area contributed by atoms with Gasteiger partial charge < -0.3 is 9.47 Å². The van der Waals surface area contributed by atoms with Crippen LogP contribution in [0.2, 0.25) is 0 Å². The monoisotopic (exact) mass is 420 g/mol. The molecule has 0 fully saturated rings. The Bertz CT molecular complexity index is 755. The molecule has 0 saturated heterocycles. The van der Waals surface area contributed by atoms with Crippen molar-refractivity contribution in [1.82, 2.24) is 9.88 Å². The minimum Gasteiger partial charge on any atom is -0.497 e. The Hall–Kier alpha value is -2.08. The highest BCUT2D eigenvalue weighted by Crippen LogP contribution is 2.22. The summed E-state index contributed by atoms with van der Waals surface area (Å²) in [7, 11) is 1.63. The van der Waals surface area contributed by atoms with E-state index < -0.39 is 11.6 Å². The molecule has 0 radical (unpaired) electrons. The van der Waals surface area contributed by atoms with Crippen LogP contribution in [0.1, 0.15) is 37.6 Å². The molecular weight excluding hydrogens is 396 g/mol. The lowest BCUT2D eigenvalue weighted by Gasteiger charge is -2.34. The summed E-state index contributed by atoms with van der Waals surface area (Å²) < 4.78 is 10.8. The number of halogens is 1. The fourth-order valence-electron chi connectivity index (χ4n) is 2.47. The van der Waals surface area contributed by atoms with E-state index in [1.165, 1.54) is 0 Å². The van der Waals surface area contributed by atoms with E-state index in [0.717, 1.165) is 22.6 Å². The molecule has 0 bridgehead atoms. The zero-order valence-electron chi connectivity index (χ0n) is 15.9. The van der Waals surface area contributed by atoms with Gasteiger partial charge in [-0.3, -0.25) is 4.90 Å². The van der Waals surface area contributed by atoms with E-state index in [2.05, 4.69) is 20.9 Å². The third kappa shape index (κ3) is 5.46. The summed E-state index contributed by atoms with van der Waals surface area (Å²) in [4.78, 5) is 18.8.